The lowest BCUT2D eigenvalue weighted by molar-refractivity contribution is 0.321. The zero-order valence-corrected chi connectivity index (χ0v) is 10.2. The molecular formula is C13H12N2OS. The summed E-state index contributed by atoms with van der Waals surface area (Å²) in [5.41, 5.74) is 2.04. The van der Waals surface area contributed by atoms with Gasteiger partial charge in [-0.2, -0.15) is 0 Å². The summed E-state index contributed by atoms with van der Waals surface area (Å²) in [6.07, 6.45) is 3.12. The summed E-state index contributed by atoms with van der Waals surface area (Å²) >= 11 is 1.55. The predicted molar refractivity (Wildman–Crippen MR) is 68.9 cm³/mol. The topological polar surface area (TPSA) is 45.5 Å². The van der Waals surface area contributed by atoms with Crippen LogP contribution >= 0.6 is 11.8 Å². The van der Waals surface area contributed by atoms with Crippen molar-refractivity contribution in [1.29, 1.82) is 0 Å². The third kappa shape index (κ3) is 3.07. The molecule has 0 bridgehead atoms. The number of nitrogens with zero attached hydrogens (tertiary/aromatic N) is 2. The number of aromatic nitrogens is 1. The van der Waals surface area contributed by atoms with E-state index >= 15 is 0 Å². The van der Waals surface area contributed by atoms with E-state index in [-0.39, 0.29) is 0 Å². The lowest BCUT2D eigenvalue weighted by atomic mass is 10.2. The Morgan fingerprint density at radius 1 is 1.24 bits per heavy atom. The highest BCUT2D eigenvalue weighted by Gasteiger charge is 2.03. The molecule has 0 unspecified atom stereocenters. The van der Waals surface area contributed by atoms with Crippen molar-refractivity contribution in [2.45, 2.75) is 16.8 Å². The molecule has 86 valence electrons. The summed E-state index contributed by atoms with van der Waals surface area (Å²) in [5, 5.41) is 12.5. The summed E-state index contributed by atoms with van der Waals surface area (Å²) in [5.74, 6) is 0. The molecule has 0 radical (unpaired) electrons. The van der Waals surface area contributed by atoms with E-state index < -0.39 is 0 Å². The molecule has 2 rings (SSSR count). The van der Waals surface area contributed by atoms with Crippen molar-refractivity contribution in [3.63, 3.8) is 0 Å². The van der Waals surface area contributed by atoms with Gasteiger partial charge < -0.3 is 5.21 Å². The molecule has 2 aromatic rings. The van der Waals surface area contributed by atoms with Crippen LogP contribution in [-0.2, 0) is 0 Å². The van der Waals surface area contributed by atoms with Crippen LogP contribution in [0, 0.1) is 6.92 Å². The molecule has 3 nitrogen and oxygen atoms in total. The fourth-order valence-electron chi connectivity index (χ4n) is 1.37. The number of hydrogen-bond donors (Lipinski definition) is 1. The Labute approximate surface area is 104 Å². The van der Waals surface area contributed by atoms with E-state index in [0.29, 0.717) is 0 Å². The molecule has 1 aromatic heterocycles. The van der Waals surface area contributed by atoms with Crippen LogP contribution in [0.15, 0.2) is 57.7 Å². The number of hydrogen-bond acceptors (Lipinski definition) is 4. The summed E-state index contributed by atoms with van der Waals surface area (Å²) in [4.78, 5) is 5.39. The van der Waals surface area contributed by atoms with Crippen molar-refractivity contribution in [3.8, 4) is 0 Å². The highest BCUT2D eigenvalue weighted by Crippen LogP contribution is 2.27. The van der Waals surface area contributed by atoms with E-state index in [9.17, 15) is 0 Å². The molecule has 0 aliphatic heterocycles. The van der Waals surface area contributed by atoms with Gasteiger partial charge in [0.05, 0.1) is 6.21 Å². The molecule has 1 aromatic carbocycles. The van der Waals surface area contributed by atoms with Crippen LogP contribution in [0.3, 0.4) is 0 Å². The van der Waals surface area contributed by atoms with E-state index in [1.165, 1.54) is 11.8 Å². The van der Waals surface area contributed by atoms with Crippen LogP contribution in [0.1, 0.15) is 11.1 Å². The minimum absolute atomic E-state index is 0.806. The van der Waals surface area contributed by atoms with Crippen molar-refractivity contribution in [1.82, 2.24) is 4.98 Å². The second kappa shape index (κ2) is 5.50. The van der Waals surface area contributed by atoms with Gasteiger partial charge in [-0.1, -0.05) is 34.6 Å². The van der Waals surface area contributed by atoms with E-state index in [0.717, 1.165) is 15.5 Å². The maximum absolute atomic E-state index is 8.58. The van der Waals surface area contributed by atoms with Crippen LogP contribution in [0.4, 0.5) is 0 Å². The molecule has 0 spiro atoms. The SMILES string of the molecule is Cc1ccc(Sc2ncccc2/C=N/O)cc1. The van der Waals surface area contributed by atoms with Gasteiger partial charge in [0.25, 0.3) is 0 Å². The molecule has 1 N–H and O–H groups in total. The van der Waals surface area contributed by atoms with Crippen LogP contribution < -0.4 is 0 Å². The van der Waals surface area contributed by atoms with Gasteiger partial charge in [0.2, 0.25) is 0 Å². The van der Waals surface area contributed by atoms with Gasteiger partial charge in [-0.3, -0.25) is 0 Å². The normalized spacial score (nSPS) is 10.9. The van der Waals surface area contributed by atoms with Gasteiger partial charge in [0.15, 0.2) is 0 Å². The molecule has 0 saturated heterocycles. The van der Waals surface area contributed by atoms with Gasteiger partial charge in [0, 0.05) is 16.7 Å². The molecule has 0 saturated carbocycles. The van der Waals surface area contributed by atoms with Gasteiger partial charge >= 0.3 is 0 Å². The number of benzene rings is 1. The van der Waals surface area contributed by atoms with Crippen LogP contribution in [0.5, 0.6) is 0 Å². The molecular weight excluding hydrogens is 232 g/mol. The Bertz CT molecular complexity index is 523. The lowest BCUT2D eigenvalue weighted by Gasteiger charge is -2.03. The molecule has 0 aliphatic rings. The van der Waals surface area contributed by atoms with Gasteiger partial charge in [-0.25, -0.2) is 4.98 Å². The standard InChI is InChI=1S/C13H12N2OS/c1-10-4-6-12(7-5-10)17-13-11(9-15-16)3-2-8-14-13/h2-9,16H,1H3/b15-9+. The lowest BCUT2D eigenvalue weighted by Crippen LogP contribution is -1.89. The maximum atomic E-state index is 8.58. The minimum atomic E-state index is 0.806. The Hall–Kier alpha value is -1.81. The van der Waals surface area contributed by atoms with Crippen molar-refractivity contribution in [3.05, 3.63) is 53.7 Å². The smallest absolute Gasteiger partial charge is 0.110 e. The fraction of sp³-hybridized carbons (Fsp3) is 0.0769. The Balaban J connectivity index is 2.26. The number of aryl methyl sites for hydroxylation is 1. The largest absolute Gasteiger partial charge is 0.411 e. The minimum Gasteiger partial charge on any atom is -0.411 e. The molecule has 1 heterocycles. The second-order valence-corrected chi connectivity index (χ2v) is 4.62. The van der Waals surface area contributed by atoms with Crippen molar-refractivity contribution in [2.75, 3.05) is 0 Å². The Morgan fingerprint density at radius 2 is 2.00 bits per heavy atom. The summed E-state index contributed by atoms with van der Waals surface area (Å²) in [7, 11) is 0. The van der Waals surface area contributed by atoms with Crippen molar-refractivity contribution >= 4 is 18.0 Å². The zero-order valence-electron chi connectivity index (χ0n) is 9.37. The van der Waals surface area contributed by atoms with Gasteiger partial charge in [-0.15, -0.1) is 0 Å². The van der Waals surface area contributed by atoms with Crippen LogP contribution in [0.2, 0.25) is 0 Å². The molecule has 4 heteroatoms. The highest BCUT2D eigenvalue weighted by molar-refractivity contribution is 7.99. The Morgan fingerprint density at radius 3 is 2.71 bits per heavy atom. The molecule has 0 fully saturated rings. The second-order valence-electron chi connectivity index (χ2n) is 3.56. The first kappa shape index (κ1) is 11.7. The molecule has 0 amide bonds. The Kier molecular flexibility index (Phi) is 3.77. The van der Waals surface area contributed by atoms with Crippen molar-refractivity contribution < 1.29 is 5.21 Å². The average molecular weight is 244 g/mol. The van der Waals surface area contributed by atoms with E-state index in [1.54, 1.807) is 18.0 Å². The number of pyridine rings is 1. The third-order valence-corrected chi connectivity index (χ3v) is 3.28. The van der Waals surface area contributed by atoms with E-state index in [1.807, 2.05) is 12.1 Å². The zero-order chi connectivity index (χ0) is 12.1. The quantitative estimate of drug-likeness (QED) is 0.511. The highest BCUT2D eigenvalue weighted by atomic mass is 32.2. The third-order valence-electron chi connectivity index (χ3n) is 2.23. The van der Waals surface area contributed by atoms with E-state index in [2.05, 4.69) is 41.3 Å². The van der Waals surface area contributed by atoms with Crippen LogP contribution in [0.25, 0.3) is 0 Å². The maximum Gasteiger partial charge on any atom is 0.110 e. The average Bonchev–Trinajstić information content (AvgIpc) is 2.35. The number of rotatable bonds is 3. The fourth-order valence-corrected chi connectivity index (χ4v) is 2.21. The molecule has 0 aliphatic carbocycles. The summed E-state index contributed by atoms with van der Waals surface area (Å²) < 4.78 is 0. The summed E-state index contributed by atoms with van der Waals surface area (Å²) in [6.45, 7) is 2.05. The monoisotopic (exact) mass is 244 g/mol. The molecule has 0 atom stereocenters. The first-order valence-corrected chi connectivity index (χ1v) is 5.98. The van der Waals surface area contributed by atoms with E-state index in [4.69, 9.17) is 5.21 Å². The molecule has 17 heavy (non-hydrogen) atoms. The van der Waals surface area contributed by atoms with Gasteiger partial charge in [0.1, 0.15) is 5.03 Å². The number of oxime groups is 1. The summed E-state index contributed by atoms with van der Waals surface area (Å²) in [6, 6.07) is 11.9. The first-order chi connectivity index (χ1) is 8.29. The van der Waals surface area contributed by atoms with Crippen LogP contribution in [-0.4, -0.2) is 16.4 Å². The van der Waals surface area contributed by atoms with Gasteiger partial charge in [-0.05, 0) is 31.2 Å². The first-order valence-electron chi connectivity index (χ1n) is 5.16. The van der Waals surface area contributed by atoms with Crippen molar-refractivity contribution in [2.24, 2.45) is 5.16 Å². The predicted octanol–water partition coefficient (Wildman–Crippen LogP) is 3.35.